The van der Waals surface area contributed by atoms with Crippen molar-refractivity contribution < 1.29 is 24.5 Å². The van der Waals surface area contributed by atoms with E-state index in [9.17, 15) is 14.7 Å². The first kappa shape index (κ1) is 15.5. The molecule has 0 unspecified atom stereocenters. The number of fused-ring (bicyclic) bond motifs is 1. The van der Waals surface area contributed by atoms with Crippen LogP contribution in [0.25, 0.3) is 10.9 Å². The number of para-hydroxylation sites is 1. The van der Waals surface area contributed by atoms with Crippen LogP contribution in [0.5, 0.6) is 5.75 Å². The summed E-state index contributed by atoms with van der Waals surface area (Å²) in [4.78, 5) is 26.5. The highest BCUT2D eigenvalue weighted by atomic mass is 16.5. The Morgan fingerprint density at radius 2 is 1.71 bits per heavy atom. The molecule has 0 spiro atoms. The summed E-state index contributed by atoms with van der Waals surface area (Å²) in [6, 6.07) is 15.3. The number of nitrogens with zero attached hydrogens (tertiary/aromatic N) is 1. The Morgan fingerprint density at radius 3 is 2.38 bits per heavy atom. The molecule has 120 valence electrons. The van der Waals surface area contributed by atoms with Crippen LogP contribution in [-0.2, 0) is 6.61 Å². The van der Waals surface area contributed by atoms with Gasteiger partial charge in [-0.3, -0.25) is 0 Å². The monoisotopic (exact) mass is 323 g/mol. The van der Waals surface area contributed by atoms with Crippen molar-refractivity contribution in [3.05, 3.63) is 71.4 Å². The molecular formula is C18H13NO5. The van der Waals surface area contributed by atoms with Crippen molar-refractivity contribution in [3.63, 3.8) is 0 Å². The number of carboxylic acids is 2. The topological polar surface area (TPSA) is 96.7 Å². The number of benzene rings is 2. The van der Waals surface area contributed by atoms with E-state index in [4.69, 9.17) is 9.84 Å². The van der Waals surface area contributed by atoms with Gasteiger partial charge in [-0.05, 0) is 35.9 Å². The summed E-state index contributed by atoms with van der Waals surface area (Å²) in [7, 11) is 0. The first-order valence-electron chi connectivity index (χ1n) is 7.13. The highest BCUT2D eigenvalue weighted by molar-refractivity contribution is 6.05. The van der Waals surface area contributed by atoms with E-state index in [-0.39, 0.29) is 17.9 Å². The van der Waals surface area contributed by atoms with Gasteiger partial charge in [-0.1, -0.05) is 24.3 Å². The lowest BCUT2D eigenvalue weighted by molar-refractivity contribution is 0.0691. The predicted molar refractivity (Wildman–Crippen MR) is 86.4 cm³/mol. The third kappa shape index (κ3) is 3.17. The van der Waals surface area contributed by atoms with Crippen LogP contribution in [0.4, 0.5) is 0 Å². The SMILES string of the molecule is O=C(O)c1cc(C(=O)O)c2cc(COc3ccccc3)ccc2n1. The number of aromatic carboxylic acids is 2. The van der Waals surface area contributed by atoms with Crippen molar-refractivity contribution in [3.8, 4) is 5.75 Å². The van der Waals surface area contributed by atoms with Gasteiger partial charge in [-0.25, -0.2) is 14.6 Å². The van der Waals surface area contributed by atoms with Crippen LogP contribution in [0.2, 0.25) is 0 Å². The fourth-order valence-corrected chi connectivity index (χ4v) is 2.33. The highest BCUT2D eigenvalue weighted by Gasteiger charge is 2.15. The molecule has 0 bridgehead atoms. The average molecular weight is 323 g/mol. The minimum absolute atomic E-state index is 0.0982. The van der Waals surface area contributed by atoms with Gasteiger partial charge in [-0.2, -0.15) is 0 Å². The lowest BCUT2D eigenvalue weighted by Crippen LogP contribution is -2.07. The van der Waals surface area contributed by atoms with Gasteiger partial charge in [-0.15, -0.1) is 0 Å². The van der Waals surface area contributed by atoms with Crippen LogP contribution in [0.1, 0.15) is 26.4 Å². The van der Waals surface area contributed by atoms with Gasteiger partial charge in [0.05, 0.1) is 11.1 Å². The zero-order chi connectivity index (χ0) is 17.1. The van der Waals surface area contributed by atoms with Crippen LogP contribution < -0.4 is 4.74 Å². The van der Waals surface area contributed by atoms with Crippen LogP contribution >= 0.6 is 0 Å². The number of aromatic nitrogens is 1. The third-order valence-electron chi connectivity index (χ3n) is 3.47. The van der Waals surface area contributed by atoms with Gasteiger partial charge in [0.15, 0.2) is 0 Å². The second-order valence-electron chi connectivity index (χ2n) is 5.12. The zero-order valence-electron chi connectivity index (χ0n) is 12.5. The van der Waals surface area contributed by atoms with Gasteiger partial charge in [0, 0.05) is 5.39 Å². The molecule has 0 atom stereocenters. The maximum atomic E-state index is 11.4. The molecule has 0 amide bonds. The van der Waals surface area contributed by atoms with Gasteiger partial charge < -0.3 is 14.9 Å². The van der Waals surface area contributed by atoms with Gasteiger partial charge in [0.25, 0.3) is 0 Å². The summed E-state index contributed by atoms with van der Waals surface area (Å²) >= 11 is 0. The zero-order valence-corrected chi connectivity index (χ0v) is 12.5. The molecule has 0 saturated carbocycles. The fourth-order valence-electron chi connectivity index (χ4n) is 2.33. The summed E-state index contributed by atoms with van der Waals surface area (Å²) in [5.74, 6) is -1.77. The first-order chi connectivity index (χ1) is 11.5. The van der Waals surface area contributed by atoms with Gasteiger partial charge in [0.2, 0.25) is 0 Å². The Labute approximate surface area is 137 Å². The van der Waals surface area contributed by atoms with E-state index in [1.807, 2.05) is 30.3 Å². The Bertz CT molecular complexity index is 921. The summed E-state index contributed by atoms with van der Waals surface area (Å²) in [6.45, 7) is 0.264. The number of pyridine rings is 1. The molecule has 3 aromatic rings. The molecule has 0 aliphatic carbocycles. The van der Waals surface area contributed by atoms with Crippen molar-refractivity contribution in [1.82, 2.24) is 4.98 Å². The summed E-state index contributed by atoms with van der Waals surface area (Å²) in [5.41, 5.74) is 0.682. The van der Waals surface area contributed by atoms with Crippen LogP contribution in [0.3, 0.4) is 0 Å². The van der Waals surface area contributed by atoms with Crippen LogP contribution in [0, 0.1) is 0 Å². The number of carboxylic acid groups (broad SMARTS) is 2. The maximum Gasteiger partial charge on any atom is 0.354 e. The van der Waals surface area contributed by atoms with E-state index in [1.165, 1.54) is 0 Å². The molecule has 0 aliphatic rings. The van der Waals surface area contributed by atoms with Crippen molar-refractivity contribution in [1.29, 1.82) is 0 Å². The second kappa shape index (κ2) is 6.37. The molecule has 0 fully saturated rings. The Morgan fingerprint density at radius 1 is 0.958 bits per heavy atom. The van der Waals surface area contributed by atoms with Crippen LogP contribution in [0.15, 0.2) is 54.6 Å². The van der Waals surface area contributed by atoms with Crippen molar-refractivity contribution in [2.45, 2.75) is 6.61 Å². The molecule has 0 radical (unpaired) electrons. The van der Waals surface area contributed by atoms with Crippen LogP contribution in [-0.4, -0.2) is 27.1 Å². The highest BCUT2D eigenvalue weighted by Crippen LogP contribution is 2.22. The predicted octanol–water partition coefficient (Wildman–Crippen LogP) is 3.21. The van der Waals surface area contributed by atoms with E-state index < -0.39 is 11.9 Å². The molecule has 6 nitrogen and oxygen atoms in total. The van der Waals surface area contributed by atoms with Crippen molar-refractivity contribution in [2.75, 3.05) is 0 Å². The van der Waals surface area contributed by atoms with Crippen molar-refractivity contribution >= 4 is 22.8 Å². The molecule has 1 aromatic heterocycles. The minimum Gasteiger partial charge on any atom is -0.489 e. The smallest absolute Gasteiger partial charge is 0.354 e. The molecule has 3 rings (SSSR count). The summed E-state index contributed by atoms with van der Waals surface area (Å²) in [5, 5.41) is 18.8. The van der Waals surface area contributed by atoms with E-state index >= 15 is 0 Å². The van der Waals surface area contributed by atoms with E-state index in [2.05, 4.69) is 4.98 Å². The molecule has 1 heterocycles. The summed E-state index contributed by atoms with van der Waals surface area (Å²) < 4.78 is 5.64. The van der Waals surface area contributed by atoms with E-state index in [1.54, 1.807) is 18.2 Å². The maximum absolute atomic E-state index is 11.4. The second-order valence-corrected chi connectivity index (χ2v) is 5.12. The Kier molecular flexibility index (Phi) is 4.11. The van der Waals surface area contributed by atoms with Gasteiger partial charge >= 0.3 is 11.9 Å². The molecular weight excluding hydrogens is 310 g/mol. The number of carbonyl (C=O) groups is 2. The minimum atomic E-state index is -1.27. The molecule has 2 N–H and O–H groups in total. The molecule has 2 aromatic carbocycles. The van der Waals surface area contributed by atoms with Crippen molar-refractivity contribution in [2.24, 2.45) is 0 Å². The number of hydrogen-bond donors (Lipinski definition) is 2. The number of ether oxygens (including phenoxy) is 1. The fraction of sp³-hybridized carbons (Fsp3) is 0.0556. The largest absolute Gasteiger partial charge is 0.489 e. The summed E-state index contributed by atoms with van der Waals surface area (Å²) in [6.07, 6.45) is 0. The average Bonchev–Trinajstić information content (AvgIpc) is 2.59. The first-order valence-corrected chi connectivity index (χ1v) is 7.13. The quantitative estimate of drug-likeness (QED) is 0.748. The lowest BCUT2D eigenvalue weighted by Gasteiger charge is -2.09. The molecule has 0 aliphatic heterocycles. The van der Waals surface area contributed by atoms with E-state index in [0.29, 0.717) is 16.7 Å². The number of rotatable bonds is 5. The Hall–Kier alpha value is -3.41. The normalized spacial score (nSPS) is 10.5. The third-order valence-corrected chi connectivity index (χ3v) is 3.47. The Balaban J connectivity index is 1.97. The molecule has 24 heavy (non-hydrogen) atoms. The standard InChI is InChI=1S/C18H13NO5/c20-17(21)14-9-16(18(22)23)19-15-7-6-11(8-13(14)15)10-24-12-4-2-1-3-5-12/h1-9H,10H2,(H,20,21)(H,22,23). The lowest BCUT2D eigenvalue weighted by atomic mass is 10.0. The molecule has 6 heteroatoms. The van der Waals surface area contributed by atoms with E-state index in [0.717, 1.165) is 11.6 Å². The molecule has 0 saturated heterocycles. The van der Waals surface area contributed by atoms with Gasteiger partial charge in [0.1, 0.15) is 18.1 Å². The number of hydrogen-bond acceptors (Lipinski definition) is 4.